The third-order valence-electron chi connectivity index (χ3n) is 2.45. The van der Waals surface area contributed by atoms with E-state index in [2.05, 4.69) is 28.0 Å². The average Bonchev–Trinajstić information content (AvgIpc) is 2.50. The van der Waals surface area contributed by atoms with Crippen LogP contribution >= 0.6 is 12.6 Å². The van der Waals surface area contributed by atoms with Gasteiger partial charge in [0.25, 0.3) is 5.91 Å². The van der Waals surface area contributed by atoms with E-state index in [1.165, 1.54) is 7.11 Å². The molecular formula is C13H16N2O4S. The van der Waals surface area contributed by atoms with Crippen molar-refractivity contribution in [2.75, 3.05) is 19.4 Å². The van der Waals surface area contributed by atoms with Crippen LogP contribution in [0.2, 0.25) is 0 Å². The molecular weight excluding hydrogens is 280 g/mol. The number of methoxy groups -OCH3 is 1. The summed E-state index contributed by atoms with van der Waals surface area (Å²) >= 11 is 3.95. The highest BCUT2D eigenvalue weighted by atomic mass is 32.1. The summed E-state index contributed by atoms with van der Waals surface area (Å²) in [6, 6.07) is 7.68. The fraction of sp³-hybridized carbons (Fsp3) is 0.308. The molecule has 0 bridgehead atoms. The zero-order valence-corrected chi connectivity index (χ0v) is 11.9. The molecule has 0 aliphatic carbocycles. The van der Waals surface area contributed by atoms with Crippen molar-refractivity contribution in [1.29, 1.82) is 0 Å². The molecule has 6 nitrogen and oxygen atoms in total. The molecule has 1 unspecified atom stereocenters. The molecule has 2 N–H and O–H groups in total. The van der Waals surface area contributed by atoms with Crippen LogP contribution in [0.1, 0.15) is 10.4 Å². The Balaban J connectivity index is 2.43. The maximum absolute atomic E-state index is 11.7. The van der Waals surface area contributed by atoms with E-state index in [4.69, 9.17) is 0 Å². The molecule has 2 amide bonds. The first-order valence-corrected chi connectivity index (χ1v) is 6.53. The van der Waals surface area contributed by atoms with Gasteiger partial charge in [0, 0.05) is 11.3 Å². The lowest BCUT2D eigenvalue weighted by Gasteiger charge is -2.14. The molecule has 108 valence electrons. The van der Waals surface area contributed by atoms with Gasteiger partial charge in [0.15, 0.2) is 0 Å². The lowest BCUT2D eigenvalue weighted by atomic mass is 10.2. The number of esters is 1. The van der Waals surface area contributed by atoms with Crippen molar-refractivity contribution < 1.29 is 19.1 Å². The first-order valence-electron chi connectivity index (χ1n) is 5.89. The van der Waals surface area contributed by atoms with Crippen LogP contribution in [0.5, 0.6) is 0 Å². The lowest BCUT2D eigenvalue weighted by molar-refractivity contribution is -0.144. The van der Waals surface area contributed by atoms with Crippen LogP contribution < -0.4 is 10.6 Å². The molecule has 20 heavy (non-hydrogen) atoms. The highest BCUT2D eigenvalue weighted by molar-refractivity contribution is 7.80. The summed E-state index contributed by atoms with van der Waals surface area (Å²) in [4.78, 5) is 34.6. The van der Waals surface area contributed by atoms with Crippen molar-refractivity contribution in [1.82, 2.24) is 10.6 Å². The van der Waals surface area contributed by atoms with Gasteiger partial charge >= 0.3 is 5.97 Å². The number of benzene rings is 1. The number of carbonyl (C=O) groups is 3. The van der Waals surface area contributed by atoms with Gasteiger partial charge in [-0.3, -0.25) is 9.59 Å². The van der Waals surface area contributed by atoms with Crippen molar-refractivity contribution in [2.24, 2.45) is 0 Å². The monoisotopic (exact) mass is 296 g/mol. The van der Waals surface area contributed by atoms with Gasteiger partial charge in [-0.25, -0.2) is 4.79 Å². The number of ether oxygens (including phenoxy) is 1. The predicted molar refractivity (Wildman–Crippen MR) is 76.6 cm³/mol. The molecule has 7 heteroatoms. The van der Waals surface area contributed by atoms with Gasteiger partial charge in [-0.1, -0.05) is 18.2 Å². The molecule has 0 fully saturated rings. The SMILES string of the molecule is COC(=O)C(CS)NC(=O)CNC(=O)c1ccccc1. The predicted octanol–water partition coefficient (Wildman–Crippen LogP) is 0.00400. The van der Waals surface area contributed by atoms with Crippen molar-refractivity contribution in [2.45, 2.75) is 6.04 Å². The van der Waals surface area contributed by atoms with E-state index in [0.29, 0.717) is 5.56 Å². The summed E-state index contributed by atoms with van der Waals surface area (Å²) in [5, 5.41) is 4.88. The third kappa shape index (κ3) is 4.93. The summed E-state index contributed by atoms with van der Waals surface area (Å²) in [6.45, 7) is -0.227. The van der Waals surface area contributed by atoms with Gasteiger partial charge in [0.05, 0.1) is 13.7 Å². The Bertz CT molecular complexity index is 479. The number of hydrogen-bond acceptors (Lipinski definition) is 5. The first kappa shape index (κ1) is 16.0. The second kappa shape index (κ2) is 8.21. The van der Waals surface area contributed by atoms with Crippen LogP contribution in [0, 0.1) is 0 Å². The number of amides is 2. The molecule has 1 aromatic rings. The fourth-order valence-electron chi connectivity index (χ4n) is 1.42. The van der Waals surface area contributed by atoms with Crippen LogP contribution in [-0.4, -0.2) is 43.2 Å². The Morgan fingerprint density at radius 3 is 2.45 bits per heavy atom. The molecule has 0 aliphatic heterocycles. The van der Waals surface area contributed by atoms with Crippen molar-refractivity contribution >= 4 is 30.4 Å². The number of rotatable bonds is 6. The van der Waals surface area contributed by atoms with E-state index < -0.39 is 17.9 Å². The van der Waals surface area contributed by atoms with E-state index >= 15 is 0 Å². The summed E-state index contributed by atoms with van der Waals surface area (Å²) in [5.41, 5.74) is 0.457. The molecule has 0 aliphatic rings. The van der Waals surface area contributed by atoms with Gasteiger partial charge in [0.1, 0.15) is 6.04 Å². The first-order chi connectivity index (χ1) is 9.58. The normalized spacial score (nSPS) is 11.3. The van der Waals surface area contributed by atoms with Crippen LogP contribution in [0.15, 0.2) is 30.3 Å². The Morgan fingerprint density at radius 2 is 1.90 bits per heavy atom. The van der Waals surface area contributed by atoms with Gasteiger partial charge in [-0.15, -0.1) is 0 Å². The van der Waals surface area contributed by atoms with Gasteiger partial charge in [0.2, 0.25) is 5.91 Å². The minimum Gasteiger partial charge on any atom is -0.467 e. The topological polar surface area (TPSA) is 84.5 Å². The maximum Gasteiger partial charge on any atom is 0.329 e. The molecule has 1 atom stereocenters. The maximum atomic E-state index is 11.7. The van der Waals surface area contributed by atoms with E-state index in [0.717, 1.165) is 0 Å². The quantitative estimate of drug-likeness (QED) is 0.510. The van der Waals surface area contributed by atoms with Crippen molar-refractivity contribution in [3.63, 3.8) is 0 Å². The molecule has 0 radical (unpaired) electrons. The van der Waals surface area contributed by atoms with Crippen LogP contribution in [-0.2, 0) is 14.3 Å². The van der Waals surface area contributed by atoms with E-state index in [-0.39, 0.29) is 18.2 Å². The van der Waals surface area contributed by atoms with Crippen LogP contribution in [0.3, 0.4) is 0 Å². The molecule has 1 aromatic carbocycles. The Hall–Kier alpha value is -2.02. The summed E-state index contributed by atoms with van der Waals surface area (Å²) < 4.78 is 4.51. The smallest absolute Gasteiger partial charge is 0.329 e. The number of thiol groups is 1. The Kier molecular flexibility index (Phi) is 6.58. The van der Waals surface area contributed by atoms with Crippen LogP contribution in [0.25, 0.3) is 0 Å². The minimum absolute atomic E-state index is 0.116. The van der Waals surface area contributed by atoms with Gasteiger partial charge in [-0.2, -0.15) is 12.6 Å². The summed E-state index contributed by atoms with van der Waals surface area (Å²) in [6.07, 6.45) is 0. The number of nitrogens with one attached hydrogen (secondary N) is 2. The third-order valence-corrected chi connectivity index (χ3v) is 2.81. The van der Waals surface area contributed by atoms with E-state index in [1.54, 1.807) is 30.3 Å². The highest BCUT2D eigenvalue weighted by Gasteiger charge is 2.19. The largest absolute Gasteiger partial charge is 0.467 e. The van der Waals surface area contributed by atoms with Crippen molar-refractivity contribution in [3.8, 4) is 0 Å². The lowest BCUT2D eigenvalue weighted by Crippen LogP contribution is -2.46. The number of carbonyl (C=O) groups excluding carboxylic acids is 3. The second-order valence-corrected chi connectivity index (χ2v) is 4.24. The van der Waals surface area contributed by atoms with Crippen molar-refractivity contribution in [3.05, 3.63) is 35.9 Å². The number of hydrogen-bond donors (Lipinski definition) is 3. The highest BCUT2D eigenvalue weighted by Crippen LogP contribution is 1.97. The van der Waals surface area contributed by atoms with Gasteiger partial charge in [-0.05, 0) is 12.1 Å². The molecule has 1 rings (SSSR count). The Labute approximate surface area is 122 Å². The molecule has 0 aromatic heterocycles. The minimum atomic E-state index is -0.829. The summed E-state index contributed by atoms with van der Waals surface area (Å²) in [7, 11) is 1.22. The standard InChI is InChI=1S/C13H16N2O4S/c1-19-13(18)10(8-20)15-11(16)7-14-12(17)9-5-3-2-4-6-9/h2-6,10,20H,7-8H2,1H3,(H,14,17)(H,15,16). The fourth-order valence-corrected chi connectivity index (χ4v) is 1.66. The molecule has 0 saturated heterocycles. The Morgan fingerprint density at radius 1 is 1.25 bits per heavy atom. The average molecular weight is 296 g/mol. The van der Waals surface area contributed by atoms with Gasteiger partial charge < -0.3 is 15.4 Å². The second-order valence-electron chi connectivity index (χ2n) is 3.87. The van der Waals surface area contributed by atoms with E-state index in [1.807, 2.05) is 0 Å². The molecule has 0 spiro atoms. The molecule has 0 heterocycles. The zero-order valence-electron chi connectivity index (χ0n) is 11.0. The summed E-state index contributed by atoms with van der Waals surface area (Å²) in [5.74, 6) is -1.31. The molecule has 0 saturated carbocycles. The van der Waals surface area contributed by atoms with Crippen LogP contribution in [0.4, 0.5) is 0 Å². The zero-order chi connectivity index (χ0) is 15.0. The van der Waals surface area contributed by atoms with E-state index in [9.17, 15) is 14.4 Å².